The van der Waals surface area contributed by atoms with Crippen molar-refractivity contribution in [2.24, 2.45) is 0 Å². The van der Waals surface area contributed by atoms with Gasteiger partial charge in [-0.2, -0.15) is 0 Å². The highest BCUT2D eigenvalue weighted by Crippen LogP contribution is 2.47. The third-order valence-corrected chi connectivity index (χ3v) is 6.19. The lowest BCUT2D eigenvalue weighted by Gasteiger charge is -2.46. The van der Waals surface area contributed by atoms with Crippen LogP contribution in [0, 0.1) is 0 Å². The summed E-state index contributed by atoms with van der Waals surface area (Å²) in [6, 6.07) is 15.6. The third kappa shape index (κ3) is 2.64. The molecule has 1 amide bonds. The summed E-state index contributed by atoms with van der Waals surface area (Å²) < 4.78 is 7.46. The Bertz CT molecular complexity index is 1120. The topological polar surface area (TPSA) is 50.6 Å². The molecule has 1 saturated heterocycles. The summed E-state index contributed by atoms with van der Waals surface area (Å²) in [5.41, 5.74) is 2.56. The Morgan fingerprint density at radius 3 is 3.00 bits per heavy atom. The number of likely N-dealkylation sites (tertiary alicyclic amines) is 1. The van der Waals surface area contributed by atoms with Crippen molar-refractivity contribution in [3.63, 3.8) is 0 Å². The SMILES string of the molecule is C=CCN1c2cccnc2-n2cccc2[C@@]12CCN(C(=O)c1cccc(OC)c1)C2. The molecular weight excluding hydrogens is 376 g/mol. The molecule has 6 nitrogen and oxygen atoms in total. The quantitative estimate of drug-likeness (QED) is 0.628. The molecule has 0 saturated carbocycles. The van der Waals surface area contributed by atoms with Gasteiger partial charge in [0, 0.05) is 37.6 Å². The van der Waals surface area contributed by atoms with Crippen molar-refractivity contribution >= 4 is 11.6 Å². The average molecular weight is 400 g/mol. The maximum Gasteiger partial charge on any atom is 0.254 e. The van der Waals surface area contributed by atoms with Gasteiger partial charge < -0.3 is 19.1 Å². The Labute approximate surface area is 176 Å². The largest absolute Gasteiger partial charge is 0.497 e. The summed E-state index contributed by atoms with van der Waals surface area (Å²) in [4.78, 5) is 22.3. The number of carbonyl (C=O) groups is 1. The van der Waals surface area contributed by atoms with E-state index in [1.165, 1.54) is 0 Å². The molecule has 0 aliphatic carbocycles. The van der Waals surface area contributed by atoms with Crippen molar-refractivity contribution in [2.75, 3.05) is 31.6 Å². The van der Waals surface area contributed by atoms with E-state index >= 15 is 0 Å². The van der Waals surface area contributed by atoms with Gasteiger partial charge in [0.2, 0.25) is 0 Å². The molecular formula is C24H24N4O2. The first-order valence-electron chi connectivity index (χ1n) is 10.1. The van der Waals surface area contributed by atoms with E-state index in [4.69, 9.17) is 4.74 Å². The minimum absolute atomic E-state index is 0.0272. The number of nitrogens with zero attached hydrogens (tertiary/aromatic N) is 4. The fourth-order valence-electron chi connectivity index (χ4n) is 4.84. The predicted molar refractivity (Wildman–Crippen MR) is 116 cm³/mol. The molecule has 1 fully saturated rings. The van der Waals surface area contributed by atoms with Crippen molar-refractivity contribution in [3.05, 3.63) is 84.8 Å². The molecule has 6 heteroatoms. The number of pyridine rings is 1. The number of ether oxygens (including phenoxy) is 1. The number of hydrogen-bond acceptors (Lipinski definition) is 4. The van der Waals surface area contributed by atoms with Crippen LogP contribution in [-0.4, -0.2) is 47.1 Å². The van der Waals surface area contributed by atoms with Crippen molar-refractivity contribution < 1.29 is 9.53 Å². The molecule has 1 aromatic carbocycles. The normalized spacial score (nSPS) is 19.5. The van der Waals surface area contributed by atoms with Crippen molar-refractivity contribution in [1.29, 1.82) is 0 Å². The van der Waals surface area contributed by atoms with Gasteiger partial charge in [0.15, 0.2) is 5.82 Å². The lowest BCUT2D eigenvalue weighted by atomic mass is 9.89. The van der Waals surface area contributed by atoms with Gasteiger partial charge in [-0.3, -0.25) is 4.79 Å². The fourth-order valence-corrected chi connectivity index (χ4v) is 4.84. The minimum atomic E-state index is -0.317. The number of fused-ring (bicyclic) bond motifs is 4. The van der Waals surface area contributed by atoms with E-state index in [-0.39, 0.29) is 11.4 Å². The highest BCUT2D eigenvalue weighted by Gasteiger charge is 2.50. The Hall–Kier alpha value is -3.54. The summed E-state index contributed by atoms with van der Waals surface area (Å²) in [6.07, 6.45) is 6.64. The van der Waals surface area contributed by atoms with E-state index in [2.05, 4.69) is 45.4 Å². The van der Waals surface area contributed by atoms with Crippen LogP contribution < -0.4 is 9.64 Å². The smallest absolute Gasteiger partial charge is 0.254 e. The zero-order valence-corrected chi connectivity index (χ0v) is 17.0. The van der Waals surface area contributed by atoms with Crippen molar-refractivity contribution in [3.8, 4) is 11.6 Å². The number of benzene rings is 1. The second-order valence-corrected chi connectivity index (χ2v) is 7.75. The van der Waals surface area contributed by atoms with Crippen LogP contribution in [0.15, 0.2) is 73.6 Å². The van der Waals surface area contributed by atoms with E-state index < -0.39 is 0 Å². The molecule has 4 heterocycles. The van der Waals surface area contributed by atoms with Gasteiger partial charge in [0.25, 0.3) is 5.91 Å². The molecule has 2 aliphatic heterocycles. The lowest BCUT2D eigenvalue weighted by molar-refractivity contribution is 0.0782. The number of hydrogen-bond donors (Lipinski definition) is 0. The lowest BCUT2D eigenvalue weighted by Crippen LogP contribution is -2.52. The van der Waals surface area contributed by atoms with Gasteiger partial charge in [-0.15, -0.1) is 6.58 Å². The number of amides is 1. The van der Waals surface area contributed by atoms with E-state index in [0.29, 0.717) is 30.9 Å². The van der Waals surface area contributed by atoms with Crippen LogP contribution in [0.2, 0.25) is 0 Å². The number of rotatable bonds is 4. The first-order chi connectivity index (χ1) is 14.7. The van der Waals surface area contributed by atoms with E-state index in [1.807, 2.05) is 41.4 Å². The molecule has 2 aromatic heterocycles. The molecule has 0 unspecified atom stereocenters. The Morgan fingerprint density at radius 1 is 1.27 bits per heavy atom. The molecule has 152 valence electrons. The number of aromatic nitrogens is 2. The molecule has 0 radical (unpaired) electrons. The zero-order chi connectivity index (χ0) is 20.7. The molecule has 1 atom stereocenters. The van der Waals surface area contributed by atoms with E-state index in [0.717, 1.165) is 23.6 Å². The number of anilines is 1. The van der Waals surface area contributed by atoms with Crippen molar-refractivity contribution in [1.82, 2.24) is 14.5 Å². The molecule has 1 spiro atoms. The summed E-state index contributed by atoms with van der Waals surface area (Å²) in [6.45, 7) is 5.96. The second-order valence-electron chi connectivity index (χ2n) is 7.75. The van der Waals surface area contributed by atoms with Crippen LogP contribution in [0.1, 0.15) is 22.5 Å². The van der Waals surface area contributed by atoms with Crippen LogP contribution in [0.4, 0.5) is 5.69 Å². The summed E-state index contributed by atoms with van der Waals surface area (Å²) in [7, 11) is 1.61. The first-order valence-corrected chi connectivity index (χ1v) is 10.1. The van der Waals surface area contributed by atoms with Gasteiger partial charge in [-0.05, 0) is 48.9 Å². The Balaban J connectivity index is 1.55. The Morgan fingerprint density at radius 2 is 2.17 bits per heavy atom. The maximum absolute atomic E-state index is 13.3. The maximum atomic E-state index is 13.3. The highest BCUT2D eigenvalue weighted by atomic mass is 16.5. The monoisotopic (exact) mass is 400 g/mol. The van der Waals surface area contributed by atoms with Gasteiger partial charge in [0.1, 0.15) is 11.3 Å². The fraction of sp³-hybridized carbons (Fsp3) is 0.250. The third-order valence-electron chi connectivity index (χ3n) is 6.19. The molecule has 0 bridgehead atoms. The van der Waals surface area contributed by atoms with Gasteiger partial charge in [0.05, 0.1) is 18.5 Å². The predicted octanol–water partition coefficient (Wildman–Crippen LogP) is 3.63. The molecule has 2 aliphatic rings. The molecule has 3 aromatic rings. The standard InChI is InChI=1S/C24H24N4O2/c1-3-13-28-20-9-5-12-25-22(20)27-14-6-10-21(27)24(28)11-15-26(17-24)23(29)18-7-4-8-19(16-18)30-2/h3-10,12,14,16H,1,11,13,15,17H2,2H3/t24-/m0/s1. The van der Waals surface area contributed by atoms with Gasteiger partial charge in [-0.1, -0.05) is 12.1 Å². The Kier molecular flexibility index (Phi) is 4.35. The molecule has 30 heavy (non-hydrogen) atoms. The summed E-state index contributed by atoms with van der Waals surface area (Å²) in [5, 5.41) is 0. The van der Waals surface area contributed by atoms with E-state index in [1.54, 1.807) is 13.2 Å². The minimum Gasteiger partial charge on any atom is -0.497 e. The van der Waals surface area contributed by atoms with Crippen LogP contribution in [0.25, 0.3) is 5.82 Å². The number of methoxy groups -OCH3 is 1. The van der Waals surface area contributed by atoms with Gasteiger partial charge >= 0.3 is 0 Å². The summed E-state index contributed by atoms with van der Waals surface area (Å²) in [5.74, 6) is 1.64. The van der Waals surface area contributed by atoms with Crippen LogP contribution >= 0.6 is 0 Å². The van der Waals surface area contributed by atoms with Crippen molar-refractivity contribution in [2.45, 2.75) is 12.0 Å². The highest BCUT2D eigenvalue weighted by molar-refractivity contribution is 5.95. The zero-order valence-electron chi connectivity index (χ0n) is 17.0. The second kappa shape index (κ2) is 7.06. The van der Waals surface area contributed by atoms with Crippen LogP contribution in [-0.2, 0) is 5.54 Å². The average Bonchev–Trinajstić information content (AvgIpc) is 3.45. The van der Waals surface area contributed by atoms with Crippen LogP contribution in [0.5, 0.6) is 5.75 Å². The molecule has 5 rings (SSSR count). The van der Waals surface area contributed by atoms with Crippen LogP contribution in [0.3, 0.4) is 0 Å². The van der Waals surface area contributed by atoms with E-state index in [9.17, 15) is 4.79 Å². The summed E-state index contributed by atoms with van der Waals surface area (Å²) >= 11 is 0. The molecule has 0 N–H and O–H groups in total. The first kappa shape index (κ1) is 18.5. The number of carbonyl (C=O) groups excluding carboxylic acids is 1. The van der Waals surface area contributed by atoms with Gasteiger partial charge in [-0.25, -0.2) is 4.98 Å².